The summed E-state index contributed by atoms with van der Waals surface area (Å²) >= 11 is 0. The fourth-order valence-electron chi connectivity index (χ4n) is 3.21. The Bertz CT molecular complexity index is 488. The Morgan fingerprint density at radius 3 is 2.76 bits per heavy atom. The minimum Gasteiger partial charge on any atom is -0.380 e. The van der Waals surface area contributed by atoms with E-state index >= 15 is 0 Å². The smallest absolute Gasteiger partial charge is 0.224 e. The molecule has 0 aliphatic carbocycles. The standard InChI is InChI=1S/C18H29N3O2.2ClH/c1-4-23-9-8-21-12-16(14(2)3)17(13-21)20-18(22)10-15-6-5-7-19-11-15;;/h5-7,11,14,16-17H,4,8-10,12-13H2,1-3H3,(H,20,22);2*1H/t16-,17+;;/m1../s1. The minimum atomic E-state index is 0. The zero-order valence-electron chi connectivity index (χ0n) is 15.3. The molecule has 0 radical (unpaired) electrons. The normalized spacial score (nSPS) is 20.0. The van der Waals surface area contributed by atoms with Crippen LogP contribution >= 0.6 is 24.8 Å². The Morgan fingerprint density at radius 1 is 1.40 bits per heavy atom. The first-order valence-electron chi connectivity index (χ1n) is 8.58. The van der Waals surface area contributed by atoms with Crippen molar-refractivity contribution in [3.63, 3.8) is 0 Å². The van der Waals surface area contributed by atoms with E-state index in [0.717, 1.165) is 38.4 Å². The molecule has 7 heteroatoms. The highest BCUT2D eigenvalue weighted by Crippen LogP contribution is 2.24. The van der Waals surface area contributed by atoms with E-state index in [1.165, 1.54) is 0 Å². The first kappa shape index (κ1) is 24.1. The molecule has 1 aromatic heterocycles. The van der Waals surface area contributed by atoms with E-state index in [-0.39, 0.29) is 36.8 Å². The number of ether oxygens (including phenoxy) is 1. The van der Waals surface area contributed by atoms with Crippen LogP contribution in [-0.4, -0.2) is 54.7 Å². The van der Waals surface area contributed by atoms with Gasteiger partial charge < -0.3 is 10.1 Å². The number of likely N-dealkylation sites (tertiary alicyclic amines) is 1. The van der Waals surface area contributed by atoms with Gasteiger partial charge in [0.2, 0.25) is 5.91 Å². The van der Waals surface area contributed by atoms with Crippen LogP contribution in [0, 0.1) is 11.8 Å². The lowest BCUT2D eigenvalue weighted by molar-refractivity contribution is -0.121. The van der Waals surface area contributed by atoms with Crippen molar-refractivity contribution in [1.29, 1.82) is 0 Å². The second-order valence-corrected chi connectivity index (χ2v) is 6.58. The average molecular weight is 392 g/mol. The zero-order valence-corrected chi connectivity index (χ0v) is 16.9. The minimum absolute atomic E-state index is 0. The predicted octanol–water partition coefficient (Wildman–Crippen LogP) is 2.58. The third-order valence-electron chi connectivity index (χ3n) is 4.49. The number of nitrogens with one attached hydrogen (secondary N) is 1. The Balaban J connectivity index is 0.00000288. The Hall–Kier alpha value is -0.880. The lowest BCUT2D eigenvalue weighted by Crippen LogP contribution is -2.42. The Labute approximate surface area is 163 Å². The summed E-state index contributed by atoms with van der Waals surface area (Å²) in [6.07, 6.45) is 3.88. The van der Waals surface area contributed by atoms with Gasteiger partial charge in [-0.3, -0.25) is 14.7 Å². The van der Waals surface area contributed by atoms with Gasteiger partial charge in [-0.15, -0.1) is 24.8 Å². The molecule has 0 aromatic carbocycles. The molecule has 1 aromatic rings. The molecule has 1 saturated heterocycles. The van der Waals surface area contributed by atoms with Crippen molar-refractivity contribution in [2.24, 2.45) is 11.8 Å². The number of nitrogens with zero attached hydrogens (tertiary/aromatic N) is 2. The van der Waals surface area contributed by atoms with Crippen molar-refractivity contribution in [2.45, 2.75) is 33.2 Å². The van der Waals surface area contributed by atoms with Gasteiger partial charge in [0.25, 0.3) is 0 Å². The number of carbonyl (C=O) groups is 1. The topological polar surface area (TPSA) is 54.5 Å². The summed E-state index contributed by atoms with van der Waals surface area (Å²) in [7, 11) is 0. The summed E-state index contributed by atoms with van der Waals surface area (Å²) in [5, 5.41) is 3.23. The van der Waals surface area contributed by atoms with Crippen molar-refractivity contribution >= 4 is 30.7 Å². The van der Waals surface area contributed by atoms with Crippen molar-refractivity contribution in [3.05, 3.63) is 30.1 Å². The number of halogens is 2. The highest BCUT2D eigenvalue weighted by atomic mass is 35.5. The number of hydrogen-bond acceptors (Lipinski definition) is 4. The van der Waals surface area contributed by atoms with Crippen LogP contribution in [-0.2, 0) is 16.0 Å². The maximum absolute atomic E-state index is 12.3. The third kappa shape index (κ3) is 7.90. The van der Waals surface area contributed by atoms with E-state index in [1.807, 2.05) is 19.1 Å². The SMILES string of the molecule is CCOCCN1C[C@H](NC(=O)Cc2cccnc2)[C@@H](C(C)C)C1.Cl.Cl. The lowest BCUT2D eigenvalue weighted by atomic mass is 9.91. The van der Waals surface area contributed by atoms with Gasteiger partial charge in [-0.1, -0.05) is 19.9 Å². The van der Waals surface area contributed by atoms with Gasteiger partial charge in [-0.05, 0) is 30.4 Å². The van der Waals surface area contributed by atoms with E-state index < -0.39 is 0 Å². The van der Waals surface area contributed by atoms with E-state index in [4.69, 9.17) is 4.74 Å². The maximum atomic E-state index is 12.3. The van der Waals surface area contributed by atoms with Crippen LogP contribution < -0.4 is 5.32 Å². The number of hydrogen-bond donors (Lipinski definition) is 1. The molecule has 0 unspecified atom stereocenters. The molecule has 144 valence electrons. The van der Waals surface area contributed by atoms with Crippen molar-refractivity contribution in [1.82, 2.24) is 15.2 Å². The van der Waals surface area contributed by atoms with E-state index in [9.17, 15) is 4.79 Å². The molecular formula is C18H31Cl2N3O2. The molecule has 1 N–H and O–H groups in total. The van der Waals surface area contributed by atoms with E-state index in [0.29, 0.717) is 18.3 Å². The lowest BCUT2D eigenvalue weighted by Gasteiger charge is -2.23. The summed E-state index contributed by atoms with van der Waals surface area (Å²) in [5.74, 6) is 1.13. The monoisotopic (exact) mass is 391 g/mol. The Morgan fingerprint density at radius 2 is 2.16 bits per heavy atom. The Kier molecular flexibility index (Phi) is 12.0. The van der Waals surface area contributed by atoms with Crippen molar-refractivity contribution in [2.75, 3.05) is 32.8 Å². The highest BCUT2D eigenvalue weighted by Gasteiger charge is 2.35. The number of aromatic nitrogens is 1. The van der Waals surface area contributed by atoms with Crippen LogP contribution in [0.4, 0.5) is 0 Å². The largest absolute Gasteiger partial charge is 0.380 e. The zero-order chi connectivity index (χ0) is 16.7. The molecule has 1 fully saturated rings. The molecule has 25 heavy (non-hydrogen) atoms. The summed E-state index contributed by atoms with van der Waals surface area (Å²) in [6, 6.07) is 4.03. The quantitative estimate of drug-likeness (QED) is 0.691. The predicted molar refractivity (Wildman–Crippen MR) is 106 cm³/mol. The molecule has 2 heterocycles. The molecule has 0 spiro atoms. The summed E-state index contributed by atoms with van der Waals surface area (Å²) < 4.78 is 5.45. The number of carbonyl (C=O) groups excluding carboxylic acids is 1. The van der Waals surface area contributed by atoms with Gasteiger partial charge >= 0.3 is 0 Å². The number of rotatable bonds is 8. The van der Waals surface area contributed by atoms with Crippen LogP contribution in [0.2, 0.25) is 0 Å². The first-order valence-corrected chi connectivity index (χ1v) is 8.58. The number of pyridine rings is 1. The van der Waals surface area contributed by atoms with Gasteiger partial charge in [0.05, 0.1) is 13.0 Å². The molecule has 2 rings (SSSR count). The highest BCUT2D eigenvalue weighted by molar-refractivity contribution is 5.85. The summed E-state index contributed by atoms with van der Waals surface area (Å²) in [6.45, 7) is 10.9. The van der Waals surface area contributed by atoms with E-state index in [1.54, 1.807) is 12.4 Å². The summed E-state index contributed by atoms with van der Waals surface area (Å²) in [4.78, 5) is 18.8. The summed E-state index contributed by atoms with van der Waals surface area (Å²) in [5.41, 5.74) is 0.956. The van der Waals surface area contributed by atoms with Crippen molar-refractivity contribution in [3.8, 4) is 0 Å². The van der Waals surface area contributed by atoms with Crippen LogP contribution in [0.25, 0.3) is 0 Å². The van der Waals surface area contributed by atoms with Crippen LogP contribution in [0.5, 0.6) is 0 Å². The van der Waals surface area contributed by atoms with Gasteiger partial charge in [0.15, 0.2) is 0 Å². The molecule has 0 saturated carbocycles. The van der Waals surface area contributed by atoms with Gasteiger partial charge in [0, 0.05) is 44.7 Å². The fourth-order valence-corrected chi connectivity index (χ4v) is 3.21. The second-order valence-electron chi connectivity index (χ2n) is 6.58. The molecular weight excluding hydrogens is 361 g/mol. The molecule has 0 bridgehead atoms. The van der Waals surface area contributed by atoms with Crippen LogP contribution in [0.1, 0.15) is 26.3 Å². The molecule has 1 aliphatic heterocycles. The molecule has 1 amide bonds. The van der Waals surface area contributed by atoms with Crippen molar-refractivity contribution < 1.29 is 9.53 Å². The van der Waals surface area contributed by atoms with Crippen LogP contribution in [0.3, 0.4) is 0 Å². The third-order valence-corrected chi connectivity index (χ3v) is 4.49. The molecule has 5 nitrogen and oxygen atoms in total. The number of amides is 1. The average Bonchev–Trinajstić information content (AvgIpc) is 2.91. The second kappa shape index (κ2) is 12.5. The van der Waals surface area contributed by atoms with Gasteiger partial charge in [-0.2, -0.15) is 0 Å². The molecule has 2 atom stereocenters. The fraction of sp³-hybridized carbons (Fsp3) is 0.667. The van der Waals surface area contributed by atoms with E-state index in [2.05, 4.69) is 29.0 Å². The maximum Gasteiger partial charge on any atom is 0.224 e. The van der Waals surface area contributed by atoms with Gasteiger partial charge in [0.1, 0.15) is 0 Å². The first-order chi connectivity index (χ1) is 11.1. The van der Waals surface area contributed by atoms with Crippen LogP contribution in [0.15, 0.2) is 24.5 Å². The van der Waals surface area contributed by atoms with Gasteiger partial charge in [-0.25, -0.2) is 0 Å². The molecule has 1 aliphatic rings.